The van der Waals surface area contributed by atoms with Crippen LogP contribution >= 0.6 is 0 Å². The van der Waals surface area contributed by atoms with Gasteiger partial charge in [0.15, 0.2) is 0 Å². The molecular weight excluding hydrogens is 176 g/mol. The van der Waals surface area contributed by atoms with Gasteiger partial charge < -0.3 is 16.2 Å². The Balaban J connectivity index is 0. The summed E-state index contributed by atoms with van der Waals surface area (Å²) in [5.41, 5.74) is 10.9. The predicted octanol–water partition coefficient (Wildman–Crippen LogP) is 1.89. The van der Waals surface area contributed by atoms with E-state index in [2.05, 4.69) is 0 Å². The minimum Gasteiger partial charge on any atom is -0.374 e. The van der Waals surface area contributed by atoms with Crippen molar-refractivity contribution in [2.45, 2.75) is 59.1 Å². The Morgan fingerprint density at radius 3 is 1.79 bits per heavy atom. The van der Waals surface area contributed by atoms with E-state index in [1.165, 1.54) is 0 Å². The molecule has 0 aromatic heterocycles. The molecule has 0 saturated carbocycles. The zero-order chi connectivity index (χ0) is 11.8. The molecule has 0 amide bonds. The Labute approximate surface area is 89.2 Å². The van der Waals surface area contributed by atoms with Crippen LogP contribution in [0, 0.1) is 0 Å². The van der Waals surface area contributed by atoms with Crippen LogP contribution < -0.4 is 11.5 Å². The molecule has 0 aromatic rings. The Morgan fingerprint density at radius 2 is 1.50 bits per heavy atom. The zero-order valence-corrected chi connectivity index (χ0v) is 10.7. The number of ether oxygens (including phenoxy) is 1. The average molecular weight is 204 g/mol. The molecule has 0 radical (unpaired) electrons. The monoisotopic (exact) mass is 204 g/mol. The lowest BCUT2D eigenvalue weighted by atomic mass is 10.0. The zero-order valence-electron chi connectivity index (χ0n) is 10.7. The van der Waals surface area contributed by atoms with E-state index in [1.807, 2.05) is 41.5 Å². The van der Waals surface area contributed by atoms with Crippen LogP contribution in [0.4, 0.5) is 0 Å². The van der Waals surface area contributed by atoms with Crippen LogP contribution in [0.3, 0.4) is 0 Å². The molecule has 3 nitrogen and oxygen atoms in total. The summed E-state index contributed by atoms with van der Waals surface area (Å²) in [6.45, 7) is 13.2. The van der Waals surface area contributed by atoms with Crippen molar-refractivity contribution in [3.05, 3.63) is 0 Å². The van der Waals surface area contributed by atoms with Crippen LogP contribution in [0.25, 0.3) is 0 Å². The fourth-order valence-electron chi connectivity index (χ4n) is 0.649. The predicted molar refractivity (Wildman–Crippen MR) is 63.3 cm³/mol. The van der Waals surface area contributed by atoms with Crippen LogP contribution in [0.15, 0.2) is 0 Å². The van der Waals surface area contributed by atoms with Crippen LogP contribution in [-0.4, -0.2) is 24.3 Å². The number of nitrogens with two attached hydrogens (primary N) is 2. The summed E-state index contributed by atoms with van der Waals surface area (Å²) >= 11 is 0. The summed E-state index contributed by atoms with van der Waals surface area (Å²) in [4.78, 5) is 0. The smallest absolute Gasteiger partial charge is 0.0748 e. The minimum absolute atomic E-state index is 0.148. The second-order valence-electron chi connectivity index (χ2n) is 4.55. The Morgan fingerprint density at radius 1 is 1.07 bits per heavy atom. The van der Waals surface area contributed by atoms with Crippen molar-refractivity contribution in [3.8, 4) is 0 Å². The maximum absolute atomic E-state index is 5.80. The first-order valence-electron chi connectivity index (χ1n) is 5.40. The van der Waals surface area contributed by atoms with E-state index in [9.17, 15) is 0 Å². The van der Waals surface area contributed by atoms with Gasteiger partial charge in [-0.25, -0.2) is 0 Å². The van der Waals surface area contributed by atoms with Crippen molar-refractivity contribution in [1.82, 2.24) is 0 Å². The van der Waals surface area contributed by atoms with Gasteiger partial charge in [0.1, 0.15) is 0 Å². The van der Waals surface area contributed by atoms with Crippen molar-refractivity contribution in [3.63, 3.8) is 0 Å². The number of rotatable bonds is 5. The normalized spacial score (nSPS) is 12.0. The van der Waals surface area contributed by atoms with Crippen molar-refractivity contribution < 1.29 is 4.74 Å². The van der Waals surface area contributed by atoms with Crippen LogP contribution in [0.2, 0.25) is 0 Å². The van der Waals surface area contributed by atoms with E-state index in [-0.39, 0.29) is 11.1 Å². The lowest BCUT2D eigenvalue weighted by molar-refractivity contribution is -0.0165. The molecule has 0 aliphatic carbocycles. The highest BCUT2D eigenvalue weighted by Crippen LogP contribution is 2.10. The summed E-state index contributed by atoms with van der Waals surface area (Å²) in [5.74, 6) is 0. The molecule has 0 atom stereocenters. The standard InChI is InChI=1S/C9H22N2O.C2H6/c1-8(2,11)5-6-12-9(3,4)7-10;1-2/h5-7,10-11H2,1-4H3;1-2H3. The fourth-order valence-corrected chi connectivity index (χ4v) is 0.649. The maximum Gasteiger partial charge on any atom is 0.0748 e. The van der Waals surface area contributed by atoms with Gasteiger partial charge in [-0.2, -0.15) is 0 Å². The van der Waals surface area contributed by atoms with Gasteiger partial charge in [-0.15, -0.1) is 0 Å². The van der Waals surface area contributed by atoms with E-state index in [4.69, 9.17) is 16.2 Å². The summed E-state index contributed by atoms with van der Waals surface area (Å²) in [6, 6.07) is 0. The number of hydrogen-bond donors (Lipinski definition) is 2. The van der Waals surface area contributed by atoms with Gasteiger partial charge in [0, 0.05) is 18.7 Å². The molecule has 0 rings (SSSR count). The van der Waals surface area contributed by atoms with E-state index in [0.717, 1.165) is 6.42 Å². The molecule has 3 heteroatoms. The van der Waals surface area contributed by atoms with Crippen LogP contribution in [-0.2, 0) is 4.74 Å². The second-order valence-corrected chi connectivity index (χ2v) is 4.55. The largest absolute Gasteiger partial charge is 0.374 e. The topological polar surface area (TPSA) is 61.3 Å². The van der Waals surface area contributed by atoms with Crippen molar-refractivity contribution in [2.24, 2.45) is 11.5 Å². The summed E-state index contributed by atoms with van der Waals surface area (Å²) in [5, 5.41) is 0. The lowest BCUT2D eigenvalue weighted by Gasteiger charge is -2.26. The highest BCUT2D eigenvalue weighted by atomic mass is 16.5. The third kappa shape index (κ3) is 11.9. The van der Waals surface area contributed by atoms with Crippen molar-refractivity contribution in [2.75, 3.05) is 13.2 Å². The fraction of sp³-hybridized carbons (Fsp3) is 1.00. The molecule has 0 bridgehead atoms. The van der Waals surface area contributed by atoms with E-state index < -0.39 is 0 Å². The first-order valence-corrected chi connectivity index (χ1v) is 5.40. The van der Waals surface area contributed by atoms with Crippen LogP contribution in [0.1, 0.15) is 48.0 Å². The van der Waals surface area contributed by atoms with Gasteiger partial charge in [0.05, 0.1) is 5.60 Å². The first-order chi connectivity index (χ1) is 6.27. The second kappa shape index (κ2) is 7.21. The molecule has 0 heterocycles. The van der Waals surface area contributed by atoms with Gasteiger partial charge >= 0.3 is 0 Å². The van der Waals surface area contributed by atoms with Gasteiger partial charge in [0.25, 0.3) is 0 Å². The molecule has 0 aromatic carbocycles. The maximum atomic E-state index is 5.80. The van der Waals surface area contributed by atoms with Gasteiger partial charge in [-0.1, -0.05) is 13.8 Å². The molecule has 14 heavy (non-hydrogen) atoms. The van der Waals surface area contributed by atoms with Crippen molar-refractivity contribution >= 4 is 0 Å². The Kier molecular flexibility index (Phi) is 8.40. The molecule has 0 aliphatic rings. The van der Waals surface area contributed by atoms with E-state index >= 15 is 0 Å². The molecule has 0 fully saturated rings. The summed E-state index contributed by atoms with van der Waals surface area (Å²) in [6.07, 6.45) is 0.858. The quantitative estimate of drug-likeness (QED) is 0.719. The molecule has 0 saturated heterocycles. The third-order valence-electron chi connectivity index (χ3n) is 1.73. The molecule has 0 spiro atoms. The van der Waals surface area contributed by atoms with Gasteiger partial charge in [0.2, 0.25) is 0 Å². The van der Waals surface area contributed by atoms with E-state index in [0.29, 0.717) is 13.2 Å². The molecule has 4 N–H and O–H groups in total. The average Bonchev–Trinajstić information content (AvgIpc) is 2.05. The molecule has 0 unspecified atom stereocenters. The number of hydrogen-bond acceptors (Lipinski definition) is 3. The minimum atomic E-state index is -0.217. The van der Waals surface area contributed by atoms with Gasteiger partial charge in [-0.05, 0) is 34.1 Å². The SMILES string of the molecule is CC.CC(C)(N)CCOC(C)(C)CN. The molecular formula is C11H28N2O. The third-order valence-corrected chi connectivity index (χ3v) is 1.73. The highest BCUT2D eigenvalue weighted by Gasteiger charge is 2.17. The van der Waals surface area contributed by atoms with Crippen LogP contribution in [0.5, 0.6) is 0 Å². The Bertz CT molecular complexity index is 128. The molecule has 88 valence electrons. The Hall–Kier alpha value is -0.120. The summed E-state index contributed by atoms with van der Waals surface area (Å²) in [7, 11) is 0. The first kappa shape index (κ1) is 16.3. The van der Waals surface area contributed by atoms with Gasteiger partial charge in [-0.3, -0.25) is 0 Å². The highest BCUT2D eigenvalue weighted by molar-refractivity contribution is 4.73. The van der Waals surface area contributed by atoms with E-state index in [1.54, 1.807) is 0 Å². The lowest BCUT2D eigenvalue weighted by Crippen LogP contribution is -2.38. The molecule has 0 aliphatic heterocycles. The summed E-state index contributed by atoms with van der Waals surface area (Å²) < 4.78 is 5.55. The van der Waals surface area contributed by atoms with Crippen molar-refractivity contribution in [1.29, 1.82) is 0 Å².